The largest absolute Gasteiger partial charge is 0.479 e. The Morgan fingerprint density at radius 2 is 2.24 bits per heavy atom. The van der Waals surface area contributed by atoms with Crippen molar-refractivity contribution in [2.75, 3.05) is 0 Å². The van der Waals surface area contributed by atoms with Gasteiger partial charge in [-0.2, -0.15) is 10.2 Å². The third-order valence-corrected chi connectivity index (χ3v) is 3.71. The number of carboxylic acids is 1. The number of nitrogens with zero attached hydrogens (tertiary/aromatic N) is 3. The number of hydrogen-bond acceptors (Lipinski definition) is 6. The van der Waals surface area contributed by atoms with Crippen LogP contribution in [0.1, 0.15) is 37.4 Å². The van der Waals surface area contributed by atoms with Gasteiger partial charge in [-0.25, -0.2) is 9.78 Å². The van der Waals surface area contributed by atoms with Crippen LogP contribution >= 0.6 is 11.3 Å². The molecule has 2 rings (SSSR count). The molecule has 2 heterocycles. The lowest BCUT2D eigenvalue weighted by molar-refractivity contribution is -0.142. The second-order valence-corrected chi connectivity index (χ2v) is 5.36. The number of carboxylic acid groups (broad SMARTS) is 1. The average Bonchev–Trinajstić information content (AvgIpc) is 3.02. The Labute approximate surface area is 125 Å². The molecule has 7 nitrogen and oxygen atoms in total. The van der Waals surface area contributed by atoms with Crippen LogP contribution in [0.15, 0.2) is 21.1 Å². The van der Waals surface area contributed by atoms with Crippen molar-refractivity contribution in [2.45, 2.75) is 37.4 Å². The van der Waals surface area contributed by atoms with Gasteiger partial charge in [0.25, 0.3) is 0 Å². The molecule has 2 N–H and O–H groups in total. The van der Waals surface area contributed by atoms with Crippen molar-refractivity contribution in [1.82, 2.24) is 10.3 Å². The van der Waals surface area contributed by atoms with Crippen LogP contribution in [0.4, 0.5) is 0 Å². The number of amides is 1. The lowest BCUT2D eigenvalue weighted by Gasteiger charge is -2.13. The molecule has 1 aliphatic heterocycles. The summed E-state index contributed by atoms with van der Waals surface area (Å²) in [5.74, 6) is 1.00. The zero-order valence-electron chi connectivity index (χ0n) is 11.2. The van der Waals surface area contributed by atoms with Gasteiger partial charge >= 0.3 is 5.97 Å². The van der Waals surface area contributed by atoms with E-state index in [1.54, 1.807) is 5.38 Å². The van der Waals surface area contributed by atoms with Crippen LogP contribution in [0.3, 0.4) is 0 Å². The first-order valence-electron chi connectivity index (χ1n) is 6.34. The first-order chi connectivity index (χ1) is 10.1. The molecule has 1 atom stereocenters. The monoisotopic (exact) mass is 306 g/mol. The molecular formula is C13H14N4O3S. The quantitative estimate of drug-likeness (QED) is 0.714. The first kappa shape index (κ1) is 15.1. The number of thiazole rings is 1. The first-order valence-corrected chi connectivity index (χ1v) is 7.28. The number of hydrogen-bond donors (Lipinski definition) is 2. The number of rotatable bonds is 8. The number of aromatic nitrogens is 1. The maximum absolute atomic E-state index is 11.9. The van der Waals surface area contributed by atoms with Gasteiger partial charge in [0.2, 0.25) is 5.91 Å². The highest BCUT2D eigenvalue weighted by atomic mass is 32.1. The molecule has 21 heavy (non-hydrogen) atoms. The molecule has 1 amide bonds. The normalized spacial score (nSPS) is 16.0. The Balaban J connectivity index is 1.84. The fourth-order valence-corrected chi connectivity index (χ4v) is 2.42. The van der Waals surface area contributed by atoms with Crippen LogP contribution in [0.5, 0.6) is 0 Å². The van der Waals surface area contributed by atoms with Crippen molar-refractivity contribution in [2.24, 2.45) is 10.2 Å². The van der Waals surface area contributed by atoms with Gasteiger partial charge in [-0.05, 0) is 0 Å². The number of aliphatic carboxylic acids is 1. The van der Waals surface area contributed by atoms with E-state index in [1.807, 2.05) is 0 Å². The molecule has 8 heteroatoms. The summed E-state index contributed by atoms with van der Waals surface area (Å²) in [6, 6.07) is -1.13. The maximum Gasteiger partial charge on any atom is 0.332 e. The average molecular weight is 306 g/mol. The van der Waals surface area contributed by atoms with E-state index in [2.05, 4.69) is 26.4 Å². The fourth-order valence-electron chi connectivity index (χ4n) is 1.84. The van der Waals surface area contributed by atoms with Gasteiger partial charge in [0.15, 0.2) is 11.7 Å². The highest BCUT2D eigenvalue weighted by Crippen LogP contribution is 2.37. The molecule has 0 radical (unpaired) electrons. The summed E-state index contributed by atoms with van der Waals surface area (Å²) in [5.41, 5.74) is 1.31. The van der Waals surface area contributed by atoms with Crippen molar-refractivity contribution in [3.8, 4) is 12.3 Å². The van der Waals surface area contributed by atoms with Crippen molar-refractivity contribution in [3.63, 3.8) is 0 Å². The van der Waals surface area contributed by atoms with Gasteiger partial charge < -0.3 is 10.4 Å². The third-order valence-electron chi connectivity index (χ3n) is 3.10. The zero-order chi connectivity index (χ0) is 15.3. The van der Waals surface area contributed by atoms with E-state index in [1.165, 1.54) is 16.8 Å². The standard InChI is InChI=1S/C13H14N4O3S/c1-2-3-5-13(16-17-13)6-4-10(18)15-11(12(19)20)9-7-21-8-14-9/h1,7-8,11H,3-6H2,(H,15,18)(H,19,20). The van der Waals surface area contributed by atoms with Gasteiger partial charge in [0, 0.05) is 31.1 Å². The zero-order valence-corrected chi connectivity index (χ0v) is 12.0. The van der Waals surface area contributed by atoms with Gasteiger partial charge in [-0.3, -0.25) is 4.79 Å². The van der Waals surface area contributed by atoms with Gasteiger partial charge in [-0.1, -0.05) is 0 Å². The number of carbonyl (C=O) groups is 2. The molecule has 1 aromatic heterocycles. The minimum atomic E-state index is -1.14. The smallest absolute Gasteiger partial charge is 0.332 e. The van der Waals surface area contributed by atoms with E-state index in [9.17, 15) is 9.59 Å². The predicted octanol–water partition coefficient (Wildman–Crippen LogP) is 1.74. The molecule has 1 aromatic rings. The van der Waals surface area contributed by atoms with E-state index in [4.69, 9.17) is 11.5 Å². The van der Waals surface area contributed by atoms with Gasteiger partial charge in [-0.15, -0.1) is 23.7 Å². The molecule has 1 aliphatic rings. The van der Waals surface area contributed by atoms with Crippen LogP contribution < -0.4 is 5.32 Å². The van der Waals surface area contributed by atoms with E-state index in [-0.39, 0.29) is 12.3 Å². The van der Waals surface area contributed by atoms with Crippen LogP contribution in [-0.4, -0.2) is 27.6 Å². The Morgan fingerprint density at radius 3 is 2.76 bits per heavy atom. The van der Waals surface area contributed by atoms with Crippen LogP contribution in [0.25, 0.3) is 0 Å². The SMILES string of the molecule is C#CCCC1(CCC(=O)NC(C(=O)O)c2cscn2)N=N1. The fraction of sp³-hybridized carbons (Fsp3) is 0.462. The lowest BCUT2D eigenvalue weighted by Crippen LogP contribution is -2.34. The van der Waals surface area contributed by atoms with Crippen LogP contribution in [-0.2, 0) is 9.59 Å². The minimum Gasteiger partial charge on any atom is -0.479 e. The molecule has 0 bridgehead atoms. The highest BCUT2D eigenvalue weighted by Gasteiger charge is 2.39. The number of nitrogens with one attached hydrogen (secondary N) is 1. The maximum atomic E-state index is 11.9. The molecule has 1 unspecified atom stereocenters. The molecule has 0 aromatic carbocycles. The van der Waals surface area contributed by atoms with Crippen molar-refractivity contribution in [1.29, 1.82) is 0 Å². The summed E-state index contributed by atoms with van der Waals surface area (Å²) < 4.78 is 0. The molecular weight excluding hydrogens is 292 g/mol. The molecule has 0 saturated carbocycles. The molecule has 110 valence electrons. The van der Waals surface area contributed by atoms with E-state index < -0.39 is 17.7 Å². The van der Waals surface area contributed by atoms with E-state index in [0.717, 1.165) is 0 Å². The minimum absolute atomic E-state index is 0.144. The summed E-state index contributed by atoms with van der Waals surface area (Å²) in [5, 5.41) is 21.1. The van der Waals surface area contributed by atoms with Crippen molar-refractivity contribution < 1.29 is 14.7 Å². The Bertz CT molecular complexity index is 585. The van der Waals surface area contributed by atoms with Gasteiger partial charge in [0.1, 0.15) is 0 Å². The predicted molar refractivity (Wildman–Crippen MR) is 75.5 cm³/mol. The van der Waals surface area contributed by atoms with Crippen LogP contribution in [0, 0.1) is 12.3 Å². The summed E-state index contributed by atoms with van der Waals surface area (Å²) in [6.45, 7) is 0. The van der Waals surface area contributed by atoms with E-state index in [0.29, 0.717) is 25.0 Å². The number of terminal acetylenes is 1. The summed E-state index contributed by atoms with van der Waals surface area (Å²) in [7, 11) is 0. The van der Waals surface area contributed by atoms with Crippen molar-refractivity contribution >= 4 is 23.2 Å². The van der Waals surface area contributed by atoms with Crippen LogP contribution in [0.2, 0.25) is 0 Å². The van der Waals surface area contributed by atoms with Gasteiger partial charge in [0.05, 0.1) is 11.2 Å². The number of carbonyl (C=O) groups excluding carboxylic acids is 1. The summed E-state index contributed by atoms with van der Waals surface area (Å²) >= 11 is 1.27. The second kappa shape index (κ2) is 6.45. The third kappa shape index (κ3) is 4.10. The molecule has 0 fully saturated rings. The second-order valence-electron chi connectivity index (χ2n) is 4.64. The van der Waals surface area contributed by atoms with Crippen molar-refractivity contribution in [3.05, 3.63) is 16.6 Å². The summed E-state index contributed by atoms with van der Waals surface area (Å²) in [4.78, 5) is 27.0. The Hall–Kier alpha value is -2.27. The lowest BCUT2D eigenvalue weighted by atomic mass is 10.0. The summed E-state index contributed by atoms with van der Waals surface area (Å²) in [6.07, 6.45) is 6.93. The Morgan fingerprint density at radius 1 is 1.48 bits per heavy atom. The Kier molecular flexibility index (Phi) is 4.65. The molecule has 0 saturated heterocycles. The molecule has 0 spiro atoms. The molecule has 0 aliphatic carbocycles. The topological polar surface area (TPSA) is 104 Å². The highest BCUT2D eigenvalue weighted by molar-refractivity contribution is 7.07. The van der Waals surface area contributed by atoms with E-state index >= 15 is 0 Å².